The Bertz CT molecular complexity index is 681. The summed E-state index contributed by atoms with van der Waals surface area (Å²) >= 11 is 11.6. The molecule has 0 bridgehead atoms. The molecule has 8 nitrogen and oxygen atoms in total. The molecule has 0 aliphatic heterocycles. The van der Waals surface area contributed by atoms with Gasteiger partial charge in [0, 0.05) is 19.1 Å². The maximum Gasteiger partial charge on any atom is 0.325 e. The molecule has 0 saturated carbocycles. The number of hydrogen-bond donors (Lipinski definition) is 2. The van der Waals surface area contributed by atoms with Gasteiger partial charge in [0.05, 0.1) is 17.1 Å². The van der Waals surface area contributed by atoms with Crippen molar-refractivity contribution in [3.63, 3.8) is 0 Å². The topological polar surface area (TPSA) is 105 Å². The molecule has 0 unspecified atom stereocenters. The fourth-order valence-corrected chi connectivity index (χ4v) is 2.10. The minimum absolute atomic E-state index is 0.143. The summed E-state index contributed by atoms with van der Waals surface area (Å²) in [6.07, 6.45) is 0. The van der Waals surface area contributed by atoms with Gasteiger partial charge in [-0.2, -0.15) is 0 Å². The second kappa shape index (κ2) is 9.85. The fourth-order valence-electron chi connectivity index (χ4n) is 1.61. The van der Waals surface area contributed by atoms with Gasteiger partial charge in [0.15, 0.2) is 6.61 Å². The Morgan fingerprint density at radius 2 is 1.88 bits per heavy atom. The number of carbonyl (C=O) groups excluding carboxylic acids is 4. The van der Waals surface area contributed by atoms with Crippen LogP contribution in [-0.2, 0) is 19.1 Å². The minimum Gasteiger partial charge on any atom is -0.454 e. The van der Waals surface area contributed by atoms with Crippen LogP contribution in [0.2, 0.25) is 10.0 Å². The number of hydrogen-bond acceptors (Lipinski definition) is 5. The number of esters is 1. The lowest BCUT2D eigenvalue weighted by atomic mass is 10.2. The zero-order valence-electron chi connectivity index (χ0n) is 13.6. The number of rotatable bonds is 7. The first kappa shape index (κ1) is 20.7. The molecule has 1 rings (SSSR count). The highest BCUT2D eigenvalue weighted by Crippen LogP contribution is 2.20. The number of halogens is 2. The molecular formula is C15H17Cl2N3O5. The molecular weight excluding hydrogens is 373 g/mol. The van der Waals surface area contributed by atoms with Gasteiger partial charge in [0.1, 0.15) is 6.54 Å². The van der Waals surface area contributed by atoms with E-state index in [1.165, 1.54) is 32.3 Å². The van der Waals surface area contributed by atoms with E-state index in [4.69, 9.17) is 27.9 Å². The van der Waals surface area contributed by atoms with Crippen molar-refractivity contribution >= 4 is 46.9 Å². The first-order valence-electron chi connectivity index (χ1n) is 7.08. The molecule has 0 radical (unpaired) electrons. The molecule has 2 N–H and O–H groups in total. The lowest BCUT2D eigenvalue weighted by Gasteiger charge is -2.16. The molecule has 0 aliphatic carbocycles. The minimum atomic E-state index is -0.805. The molecule has 0 heterocycles. The Balaban J connectivity index is 2.40. The molecule has 0 aliphatic rings. The number of ether oxygens (including phenoxy) is 1. The van der Waals surface area contributed by atoms with E-state index < -0.39 is 30.9 Å². The Kier molecular flexibility index (Phi) is 8.17. The number of nitrogens with zero attached hydrogens (tertiary/aromatic N) is 1. The molecule has 0 saturated heterocycles. The van der Waals surface area contributed by atoms with Gasteiger partial charge in [-0.05, 0) is 18.2 Å². The van der Waals surface area contributed by atoms with Crippen molar-refractivity contribution in [3.05, 3.63) is 33.8 Å². The van der Waals surface area contributed by atoms with Crippen molar-refractivity contribution in [2.45, 2.75) is 0 Å². The van der Waals surface area contributed by atoms with Crippen LogP contribution in [0.3, 0.4) is 0 Å². The second-order valence-corrected chi connectivity index (χ2v) is 5.73. The first-order valence-corrected chi connectivity index (χ1v) is 7.83. The van der Waals surface area contributed by atoms with Crippen LogP contribution in [0.15, 0.2) is 18.2 Å². The van der Waals surface area contributed by atoms with Gasteiger partial charge in [0.25, 0.3) is 11.8 Å². The SMILES string of the molecule is CNC(=O)CN(C)C(=O)COC(=O)CNC(=O)c1ccc(Cl)cc1Cl. The largest absolute Gasteiger partial charge is 0.454 e. The number of nitrogens with one attached hydrogen (secondary N) is 2. The maximum absolute atomic E-state index is 11.9. The van der Waals surface area contributed by atoms with Crippen molar-refractivity contribution in [1.29, 1.82) is 0 Å². The van der Waals surface area contributed by atoms with Crippen LogP contribution in [0.5, 0.6) is 0 Å². The van der Waals surface area contributed by atoms with Gasteiger partial charge in [-0.25, -0.2) is 0 Å². The van der Waals surface area contributed by atoms with Gasteiger partial charge >= 0.3 is 5.97 Å². The van der Waals surface area contributed by atoms with Crippen LogP contribution in [0.25, 0.3) is 0 Å². The first-order chi connectivity index (χ1) is 11.7. The lowest BCUT2D eigenvalue weighted by molar-refractivity contribution is -0.151. The third-order valence-electron chi connectivity index (χ3n) is 3.01. The van der Waals surface area contributed by atoms with E-state index in [-0.39, 0.29) is 23.0 Å². The third-order valence-corrected chi connectivity index (χ3v) is 3.56. The predicted molar refractivity (Wildman–Crippen MR) is 91.5 cm³/mol. The summed E-state index contributed by atoms with van der Waals surface area (Å²) in [7, 11) is 2.84. The molecule has 0 atom stereocenters. The number of likely N-dealkylation sites (N-methyl/N-ethyl adjacent to an activating group) is 2. The average molecular weight is 390 g/mol. The smallest absolute Gasteiger partial charge is 0.325 e. The van der Waals surface area contributed by atoms with E-state index in [1.807, 2.05) is 0 Å². The van der Waals surface area contributed by atoms with E-state index in [0.717, 1.165) is 4.90 Å². The van der Waals surface area contributed by atoms with Crippen LogP contribution in [0, 0.1) is 0 Å². The van der Waals surface area contributed by atoms with E-state index >= 15 is 0 Å². The highest BCUT2D eigenvalue weighted by Gasteiger charge is 2.16. The molecule has 0 aromatic heterocycles. The van der Waals surface area contributed by atoms with Crippen molar-refractivity contribution in [2.24, 2.45) is 0 Å². The highest BCUT2D eigenvalue weighted by atomic mass is 35.5. The molecule has 1 aromatic rings. The number of benzene rings is 1. The zero-order chi connectivity index (χ0) is 19.0. The summed E-state index contributed by atoms with van der Waals surface area (Å²) < 4.78 is 4.75. The second-order valence-electron chi connectivity index (χ2n) is 4.89. The lowest BCUT2D eigenvalue weighted by Crippen LogP contribution is -2.39. The molecule has 3 amide bonds. The zero-order valence-corrected chi connectivity index (χ0v) is 15.1. The fraction of sp³-hybridized carbons (Fsp3) is 0.333. The van der Waals surface area contributed by atoms with Crippen LogP contribution >= 0.6 is 23.2 Å². The van der Waals surface area contributed by atoms with Crippen molar-refractivity contribution in [1.82, 2.24) is 15.5 Å². The van der Waals surface area contributed by atoms with Gasteiger partial charge in [-0.15, -0.1) is 0 Å². The summed E-state index contributed by atoms with van der Waals surface area (Å²) in [4.78, 5) is 47.4. The molecule has 136 valence electrons. The standard InChI is InChI=1S/C15H17Cl2N3O5/c1-18-12(21)7-20(2)13(22)8-25-14(23)6-19-15(24)10-4-3-9(16)5-11(10)17/h3-5H,6-8H2,1-2H3,(H,18,21)(H,19,24). The summed E-state index contributed by atoms with van der Waals surface area (Å²) in [5.74, 6) is -2.29. The van der Waals surface area contributed by atoms with Crippen LogP contribution in [0.4, 0.5) is 0 Å². The molecule has 0 spiro atoms. The van der Waals surface area contributed by atoms with Crippen molar-refractivity contribution in [2.75, 3.05) is 33.8 Å². The maximum atomic E-state index is 11.9. The number of amides is 3. The Labute approximate surface area is 154 Å². The van der Waals surface area contributed by atoms with Gasteiger partial charge < -0.3 is 20.3 Å². The highest BCUT2D eigenvalue weighted by molar-refractivity contribution is 6.36. The van der Waals surface area contributed by atoms with E-state index in [2.05, 4.69) is 10.6 Å². The van der Waals surface area contributed by atoms with Gasteiger partial charge in [0.2, 0.25) is 5.91 Å². The van der Waals surface area contributed by atoms with Crippen LogP contribution in [0.1, 0.15) is 10.4 Å². The average Bonchev–Trinajstić information content (AvgIpc) is 2.57. The summed E-state index contributed by atoms with van der Waals surface area (Å²) in [6.45, 7) is -1.13. The Morgan fingerprint density at radius 1 is 1.20 bits per heavy atom. The van der Waals surface area contributed by atoms with Crippen molar-refractivity contribution in [3.8, 4) is 0 Å². The molecule has 25 heavy (non-hydrogen) atoms. The predicted octanol–water partition coefficient (Wildman–Crippen LogP) is 0.471. The molecule has 0 fully saturated rings. The van der Waals surface area contributed by atoms with E-state index in [0.29, 0.717) is 5.02 Å². The van der Waals surface area contributed by atoms with E-state index in [9.17, 15) is 19.2 Å². The summed E-state index contributed by atoms with van der Waals surface area (Å²) in [6, 6.07) is 4.31. The monoisotopic (exact) mass is 389 g/mol. The summed E-state index contributed by atoms with van der Waals surface area (Å²) in [5, 5.41) is 5.21. The Morgan fingerprint density at radius 3 is 2.48 bits per heavy atom. The number of carbonyl (C=O) groups is 4. The van der Waals surface area contributed by atoms with Crippen molar-refractivity contribution < 1.29 is 23.9 Å². The summed E-state index contributed by atoms with van der Waals surface area (Å²) in [5.41, 5.74) is 0.153. The van der Waals surface area contributed by atoms with Gasteiger partial charge in [-0.1, -0.05) is 23.2 Å². The molecule has 1 aromatic carbocycles. The normalized spacial score (nSPS) is 9.92. The van der Waals surface area contributed by atoms with Gasteiger partial charge in [-0.3, -0.25) is 19.2 Å². The Hall–Kier alpha value is -2.32. The van der Waals surface area contributed by atoms with E-state index in [1.54, 1.807) is 0 Å². The quantitative estimate of drug-likeness (QED) is 0.659. The van der Waals surface area contributed by atoms with Crippen LogP contribution in [-0.4, -0.2) is 62.4 Å². The molecule has 10 heteroatoms. The third kappa shape index (κ3) is 6.98. The van der Waals surface area contributed by atoms with Crippen LogP contribution < -0.4 is 10.6 Å².